The highest BCUT2D eigenvalue weighted by Gasteiger charge is 2.23. The van der Waals surface area contributed by atoms with E-state index >= 15 is 0 Å². The van der Waals surface area contributed by atoms with Crippen LogP contribution in [0.3, 0.4) is 0 Å². The van der Waals surface area contributed by atoms with Gasteiger partial charge in [-0.05, 0) is 47.6 Å². The molecule has 0 aliphatic heterocycles. The van der Waals surface area contributed by atoms with Crippen molar-refractivity contribution in [1.82, 2.24) is 25.1 Å². The van der Waals surface area contributed by atoms with Gasteiger partial charge in [-0.2, -0.15) is 5.10 Å². The lowest BCUT2D eigenvalue weighted by Crippen LogP contribution is -2.40. The maximum Gasteiger partial charge on any atom is 0.308 e. The standard InChI is InChI=1S/C18H25N5O3/c1-9-7-10(2)20-18(19-9)23-14(6)15(13(5)22-23)8-16(24)21-12(4)11(3)17(25)26/h7,11-12H,8H2,1-6H3,(H,21,24)(H,25,26). The van der Waals surface area contributed by atoms with Crippen LogP contribution in [0, 0.1) is 33.6 Å². The molecule has 0 bridgehead atoms. The van der Waals surface area contributed by atoms with E-state index in [9.17, 15) is 9.59 Å². The Morgan fingerprint density at radius 1 is 1.15 bits per heavy atom. The zero-order valence-corrected chi connectivity index (χ0v) is 16.0. The summed E-state index contributed by atoms with van der Waals surface area (Å²) in [4.78, 5) is 32.2. The van der Waals surface area contributed by atoms with Gasteiger partial charge in [0.05, 0.1) is 18.0 Å². The molecule has 2 N–H and O–H groups in total. The Labute approximate surface area is 152 Å². The van der Waals surface area contributed by atoms with E-state index in [2.05, 4.69) is 20.4 Å². The molecule has 2 aromatic heterocycles. The maximum absolute atomic E-state index is 12.3. The summed E-state index contributed by atoms with van der Waals surface area (Å²) in [7, 11) is 0. The third-order valence-electron chi connectivity index (χ3n) is 4.47. The van der Waals surface area contributed by atoms with Crippen LogP contribution < -0.4 is 5.32 Å². The summed E-state index contributed by atoms with van der Waals surface area (Å²) in [5.74, 6) is -1.36. The van der Waals surface area contributed by atoms with Crippen molar-refractivity contribution < 1.29 is 14.7 Å². The Morgan fingerprint density at radius 3 is 2.27 bits per heavy atom. The lowest BCUT2D eigenvalue weighted by molar-refractivity contribution is -0.142. The quantitative estimate of drug-likeness (QED) is 0.812. The number of aliphatic carboxylic acids is 1. The molecule has 2 aromatic rings. The second-order valence-corrected chi connectivity index (χ2v) is 6.67. The number of aryl methyl sites for hydroxylation is 3. The number of carbonyl (C=O) groups excluding carboxylic acids is 1. The van der Waals surface area contributed by atoms with E-state index in [4.69, 9.17) is 5.11 Å². The molecule has 8 nitrogen and oxygen atoms in total. The summed E-state index contributed by atoms with van der Waals surface area (Å²) >= 11 is 0. The summed E-state index contributed by atoms with van der Waals surface area (Å²) in [6.45, 7) is 10.7. The fourth-order valence-corrected chi connectivity index (χ4v) is 2.73. The van der Waals surface area contributed by atoms with Crippen LogP contribution in [-0.4, -0.2) is 42.8 Å². The van der Waals surface area contributed by atoms with Gasteiger partial charge >= 0.3 is 5.97 Å². The Morgan fingerprint density at radius 2 is 1.73 bits per heavy atom. The summed E-state index contributed by atoms with van der Waals surface area (Å²) < 4.78 is 1.64. The van der Waals surface area contributed by atoms with Crippen molar-refractivity contribution in [1.29, 1.82) is 0 Å². The van der Waals surface area contributed by atoms with Gasteiger partial charge in [-0.25, -0.2) is 14.6 Å². The number of carbonyl (C=O) groups is 2. The fourth-order valence-electron chi connectivity index (χ4n) is 2.73. The third-order valence-corrected chi connectivity index (χ3v) is 4.47. The lowest BCUT2D eigenvalue weighted by atomic mass is 10.0. The van der Waals surface area contributed by atoms with Crippen molar-refractivity contribution in [3.8, 4) is 5.95 Å². The molecule has 8 heteroatoms. The zero-order valence-electron chi connectivity index (χ0n) is 16.0. The van der Waals surface area contributed by atoms with Gasteiger partial charge in [-0.3, -0.25) is 9.59 Å². The molecule has 1 amide bonds. The number of hydrogen-bond donors (Lipinski definition) is 2. The molecule has 0 saturated carbocycles. The monoisotopic (exact) mass is 359 g/mol. The fraction of sp³-hybridized carbons (Fsp3) is 0.500. The second kappa shape index (κ2) is 7.63. The van der Waals surface area contributed by atoms with E-state index in [0.717, 1.165) is 28.3 Å². The minimum absolute atomic E-state index is 0.124. The van der Waals surface area contributed by atoms with Crippen LogP contribution in [0.4, 0.5) is 0 Å². The van der Waals surface area contributed by atoms with Crippen LogP contribution in [0.5, 0.6) is 0 Å². The summed E-state index contributed by atoms with van der Waals surface area (Å²) in [5, 5.41) is 16.3. The van der Waals surface area contributed by atoms with E-state index in [0.29, 0.717) is 5.95 Å². The van der Waals surface area contributed by atoms with Gasteiger partial charge in [0.1, 0.15) is 0 Å². The predicted molar refractivity (Wildman–Crippen MR) is 96.2 cm³/mol. The highest BCUT2D eigenvalue weighted by atomic mass is 16.4. The number of aromatic nitrogens is 4. The zero-order chi connectivity index (χ0) is 19.6. The van der Waals surface area contributed by atoms with E-state index in [-0.39, 0.29) is 12.3 Å². The topological polar surface area (TPSA) is 110 Å². The number of carboxylic acids is 1. The minimum atomic E-state index is -0.940. The van der Waals surface area contributed by atoms with Gasteiger partial charge in [0, 0.05) is 28.7 Å². The Hall–Kier alpha value is -2.77. The van der Waals surface area contributed by atoms with Gasteiger partial charge in [0.15, 0.2) is 0 Å². The van der Waals surface area contributed by atoms with E-state index in [1.54, 1.807) is 18.5 Å². The van der Waals surface area contributed by atoms with Gasteiger partial charge in [0.25, 0.3) is 5.95 Å². The van der Waals surface area contributed by atoms with Crippen LogP contribution >= 0.6 is 0 Å². The maximum atomic E-state index is 12.3. The molecule has 2 unspecified atom stereocenters. The van der Waals surface area contributed by atoms with Gasteiger partial charge in [-0.15, -0.1) is 0 Å². The van der Waals surface area contributed by atoms with E-state index in [1.807, 2.05) is 33.8 Å². The van der Waals surface area contributed by atoms with Crippen molar-refractivity contribution in [3.63, 3.8) is 0 Å². The average Bonchev–Trinajstić information content (AvgIpc) is 2.81. The summed E-state index contributed by atoms with van der Waals surface area (Å²) in [6.07, 6.45) is 0.124. The van der Waals surface area contributed by atoms with Crippen molar-refractivity contribution in [2.24, 2.45) is 5.92 Å². The van der Waals surface area contributed by atoms with E-state index in [1.165, 1.54) is 0 Å². The van der Waals surface area contributed by atoms with Crippen molar-refractivity contribution in [2.75, 3.05) is 0 Å². The van der Waals surface area contributed by atoms with Gasteiger partial charge in [-0.1, -0.05) is 0 Å². The van der Waals surface area contributed by atoms with Crippen molar-refractivity contribution >= 4 is 11.9 Å². The Kier molecular flexibility index (Phi) is 5.74. The molecule has 2 atom stereocenters. The molecule has 0 aromatic carbocycles. The lowest BCUT2D eigenvalue weighted by Gasteiger charge is -2.17. The van der Waals surface area contributed by atoms with Gasteiger partial charge < -0.3 is 10.4 Å². The number of nitrogens with one attached hydrogen (secondary N) is 1. The molecular formula is C18H25N5O3. The SMILES string of the molecule is Cc1cc(C)nc(-n2nc(C)c(CC(=O)NC(C)C(C)C(=O)O)c2C)n1. The number of carboxylic acid groups (broad SMARTS) is 1. The van der Waals surface area contributed by atoms with Crippen LogP contribution in [0.15, 0.2) is 6.07 Å². The van der Waals surface area contributed by atoms with Gasteiger partial charge in [0.2, 0.25) is 5.91 Å². The molecule has 2 heterocycles. The molecule has 0 fully saturated rings. The first kappa shape index (κ1) is 19.6. The molecule has 26 heavy (non-hydrogen) atoms. The number of hydrogen-bond acceptors (Lipinski definition) is 5. The smallest absolute Gasteiger partial charge is 0.308 e. The molecule has 0 radical (unpaired) electrons. The van der Waals surface area contributed by atoms with Crippen LogP contribution in [0.1, 0.15) is 42.2 Å². The Bertz CT molecular complexity index is 823. The minimum Gasteiger partial charge on any atom is -0.481 e. The molecule has 2 rings (SSSR count). The number of nitrogens with zero attached hydrogens (tertiary/aromatic N) is 4. The second-order valence-electron chi connectivity index (χ2n) is 6.67. The molecular weight excluding hydrogens is 334 g/mol. The first-order valence-electron chi connectivity index (χ1n) is 8.50. The van der Waals surface area contributed by atoms with E-state index < -0.39 is 17.9 Å². The highest BCUT2D eigenvalue weighted by molar-refractivity contribution is 5.80. The molecule has 0 saturated heterocycles. The predicted octanol–water partition coefficient (Wildman–Crippen LogP) is 1.66. The molecule has 140 valence electrons. The van der Waals surface area contributed by atoms with Crippen LogP contribution in [0.2, 0.25) is 0 Å². The number of rotatable bonds is 6. The third kappa shape index (κ3) is 4.25. The largest absolute Gasteiger partial charge is 0.481 e. The highest BCUT2D eigenvalue weighted by Crippen LogP contribution is 2.17. The molecule has 0 spiro atoms. The molecule has 0 aliphatic carbocycles. The normalized spacial score (nSPS) is 13.3. The number of amides is 1. The van der Waals surface area contributed by atoms with Crippen LogP contribution in [-0.2, 0) is 16.0 Å². The van der Waals surface area contributed by atoms with Crippen LogP contribution in [0.25, 0.3) is 5.95 Å². The average molecular weight is 359 g/mol. The first-order chi connectivity index (χ1) is 12.1. The van der Waals surface area contributed by atoms with Crippen molar-refractivity contribution in [2.45, 2.75) is 54.0 Å². The van der Waals surface area contributed by atoms with Crippen molar-refractivity contribution in [3.05, 3.63) is 34.4 Å². The Balaban J connectivity index is 2.22. The summed E-state index contributed by atoms with van der Waals surface area (Å²) in [6, 6.07) is 1.42. The molecule has 0 aliphatic rings. The first-order valence-corrected chi connectivity index (χ1v) is 8.50. The summed E-state index contributed by atoms with van der Waals surface area (Å²) in [5.41, 5.74) is 3.99.